The van der Waals surface area contributed by atoms with Crippen molar-refractivity contribution in [3.05, 3.63) is 167 Å². The maximum absolute atomic E-state index is 13.0. The van der Waals surface area contributed by atoms with E-state index in [0.29, 0.717) is 6.04 Å². The van der Waals surface area contributed by atoms with Gasteiger partial charge in [-0.2, -0.15) is 0 Å². The van der Waals surface area contributed by atoms with E-state index in [1.165, 1.54) is 44.5 Å². The van der Waals surface area contributed by atoms with Gasteiger partial charge in [-0.15, -0.1) is 0 Å². The Morgan fingerprint density at radius 3 is 1.52 bits per heavy atom. The third-order valence-corrected chi connectivity index (χ3v) is 10.4. The molecule has 0 aromatic heterocycles. The zero-order chi connectivity index (χ0) is 30.2. The van der Waals surface area contributed by atoms with E-state index in [2.05, 4.69) is 130 Å². The van der Waals surface area contributed by atoms with Crippen LogP contribution in [0.4, 0.5) is 0 Å². The minimum absolute atomic E-state index is 0. The number of rotatable bonds is 6. The van der Waals surface area contributed by atoms with E-state index in [1.807, 2.05) is 48.0 Å². The normalized spacial score (nSPS) is 13.8. The summed E-state index contributed by atoms with van der Waals surface area (Å²) in [6.45, 7) is 6.37. The molecule has 2 nitrogen and oxygen atoms in total. The Morgan fingerprint density at radius 2 is 1.09 bits per heavy atom. The van der Waals surface area contributed by atoms with Crippen molar-refractivity contribution in [2.45, 2.75) is 38.8 Å². The monoisotopic (exact) mass is 627 g/mol. The largest absolute Gasteiger partial charge is 2.00 e. The molecule has 0 saturated heterocycles. The summed E-state index contributed by atoms with van der Waals surface area (Å²) in [5.41, 5.74) is 10.4. The maximum atomic E-state index is 13.0. The molecule has 0 heterocycles. The van der Waals surface area contributed by atoms with Crippen molar-refractivity contribution in [3.63, 3.8) is 0 Å². The third kappa shape index (κ3) is 8.51. The van der Waals surface area contributed by atoms with Gasteiger partial charge in [-0.1, -0.05) is 146 Å². The molecule has 2 aliphatic carbocycles. The smallest absolute Gasteiger partial charge is 0.375 e. The van der Waals surface area contributed by atoms with E-state index < -0.39 is 8.84 Å². The van der Waals surface area contributed by atoms with Crippen LogP contribution in [-0.4, -0.2) is 26.0 Å². The van der Waals surface area contributed by atoms with Crippen LogP contribution in [0.15, 0.2) is 133 Å². The molecular formula is C40H41NOSiTi+2. The van der Waals surface area contributed by atoms with Gasteiger partial charge in [-0.25, -0.2) is 0 Å². The second kappa shape index (κ2) is 15.4. The van der Waals surface area contributed by atoms with Crippen LogP contribution in [0, 0.1) is 5.92 Å². The summed E-state index contributed by atoms with van der Waals surface area (Å²) in [7, 11) is 0.167. The van der Waals surface area contributed by atoms with Gasteiger partial charge in [0.25, 0.3) is 0 Å². The van der Waals surface area contributed by atoms with Gasteiger partial charge >= 0.3 is 30.6 Å². The fraction of sp³-hybridized carbons (Fsp3) is 0.200. The summed E-state index contributed by atoms with van der Waals surface area (Å²) in [5, 5.41) is 0. The number of hydrogen-bond acceptors (Lipinski definition) is 1. The first-order chi connectivity index (χ1) is 20.8. The van der Waals surface area contributed by atoms with Gasteiger partial charge in [0, 0.05) is 24.5 Å². The summed E-state index contributed by atoms with van der Waals surface area (Å²) in [4.78, 5) is 0. The molecule has 218 valence electrons. The zero-order valence-corrected chi connectivity index (χ0v) is 28.8. The van der Waals surface area contributed by atoms with Gasteiger partial charge in [0.15, 0.2) is 0 Å². The predicted octanol–water partition coefficient (Wildman–Crippen LogP) is 9.75. The Kier molecular flexibility index (Phi) is 11.6. The van der Waals surface area contributed by atoms with Gasteiger partial charge in [0.2, 0.25) is 0 Å². The average Bonchev–Trinajstić information content (AvgIpc) is 3.38. The molecule has 0 bridgehead atoms. The van der Waals surface area contributed by atoms with E-state index >= 15 is 0 Å². The van der Waals surface area contributed by atoms with E-state index in [-0.39, 0.29) is 33.2 Å². The summed E-state index contributed by atoms with van der Waals surface area (Å²) < 4.78 is 15.0. The van der Waals surface area contributed by atoms with Crippen LogP contribution >= 0.6 is 0 Å². The van der Waals surface area contributed by atoms with Crippen molar-refractivity contribution >= 4 is 32.1 Å². The average molecular weight is 628 g/mol. The number of hydrogen-bond donors (Lipinski definition) is 0. The Bertz CT molecular complexity index is 1570. The van der Waals surface area contributed by atoms with Gasteiger partial charge in [-0.3, -0.25) is 0 Å². The van der Waals surface area contributed by atoms with E-state index in [0.717, 1.165) is 6.42 Å². The van der Waals surface area contributed by atoms with Crippen molar-refractivity contribution in [1.29, 1.82) is 0 Å². The molecule has 0 saturated carbocycles. The fourth-order valence-electron chi connectivity index (χ4n) is 5.50. The number of allylic oxidation sites excluding steroid dienone is 6. The van der Waals surface area contributed by atoms with Crippen molar-refractivity contribution in [2.24, 2.45) is 5.92 Å². The quantitative estimate of drug-likeness (QED) is 0.157. The summed E-state index contributed by atoms with van der Waals surface area (Å²) in [5.74, 6) is 0.227. The standard InChI is InChI=1S/C24H27NOSi.C16H14.Ti/c1-24(2,3)25(4)27(26)16-17-13-22-20-11-7-5-9-18(20)15-19-10-6-8-12-21(19)23(22)14-17;1-3-9-15(10-4-1)13-7-8-14-16-11-5-2-6-12-16;/h5-14,17H,15-16H2,1-4H3;1-14H;/q;;+2. The molecule has 0 spiro atoms. The van der Waals surface area contributed by atoms with E-state index in [9.17, 15) is 4.46 Å². The first kappa shape index (κ1) is 33.3. The van der Waals surface area contributed by atoms with Crippen LogP contribution in [0.3, 0.4) is 0 Å². The predicted molar refractivity (Wildman–Crippen MR) is 185 cm³/mol. The molecule has 0 atom stereocenters. The van der Waals surface area contributed by atoms with Gasteiger partial charge in [0.1, 0.15) is 0 Å². The molecular weight excluding hydrogens is 586 g/mol. The molecule has 2 aliphatic rings. The minimum atomic E-state index is -1.82. The van der Waals surface area contributed by atoms with Crippen LogP contribution in [0.2, 0.25) is 6.04 Å². The van der Waals surface area contributed by atoms with Crippen molar-refractivity contribution in [3.8, 4) is 0 Å². The Labute approximate surface area is 280 Å². The van der Waals surface area contributed by atoms with Gasteiger partial charge in [-0.05, 0) is 71.7 Å². The van der Waals surface area contributed by atoms with Crippen molar-refractivity contribution in [2.75, 3.05) is 7.05 Å². The van der Waals surface area contributed by atoms with Crippen LogP contribution < -0.4 is 0 Å². The van der Waals surface area contributed by atoms with Crippen LogP contribution in [-0.2, 0) is 32.6 Å². The maximum Gasteiger partial charge on any atom is 2.00 e. The van der Waals surface area contributed by atoms with Crippen LogP contribution in [0.25, 0.3) is 23.3 Å². The van der Waals surface area contributed by atoms with E-state index in [1.54, 1.807) is 0 Å². The first-order valence-corrected chi connectivity index (χ1v) is 16.7. The molecule has 6 rings (SSSR count). The minimum Gasteiger partial charge on any atom is -0.375 e. The van der Waals surface area contributed by atoms with Gasteiger partial charge < -0.3 is 9.03 Å². The first-order valence-electron chi connectivity index (χ1n) is 15.1. The number of fused-ring (bicyclic) bond motifs is 5. The fourth-order valence-corrected chi connectivity index (χ4v) is 7.16. The van der Waals surface area contributed by atoms with Gasteiger partial charge in [0.05, 0.1) is 0 Å². The Hall–Kier alpha value is -3.63. The summed E-state index contributed by atoms with van der Waals surface area (Å²) in [6, 6.07) is 38.7. The molecule has 4 aromatic rings. The Morgan fingerprint density at radius 1 is 0.682 bits per heavy atom. The Balaban J connectivity index is 0.000000223. The zero-order valence-electron chi connectivity index (χ0n) is 26.2. The second-order valence-electron chi connectivity index (χ2n) is 12.2. The SMILES string of the molecule is C(C=Cc1ccccc1)=Cc1ccccc1.CN([Si](=O)CC1C=C2C(=C1)c1ccccc1Cc1ccccc12)C(C)(C)C.[Ti+2]. The molecule has 0 unspecified atom stereocenters. The second-order valence-corrected chi connectivity index (χ2v) is 14.0. The van der Waals surface area contributed by atoms with Crippen molar-refractivity contribution < 1.29 is 26.2 Å². The van der Waals surface area contributed by atoms with Crippen LogP contribution in [0.1, 0.15) is 54.2 Å². The number of nitrogens with zero attached hydrogens (tertiary/aromatic N) is 1. The third-order valence-electron chi connectivity index (χ3n) is 8.13. The molecule has 0 fully saturated rings. The molecule has 0 N–H and O–H groups in total. The molecule has 0 amide bonds. The molecule has 4 heteroatoms. The van der Waals surface area contributed by atoms with Crippen molar-refractivity contribution in [1.82, 2.24) is 4.57 Å². The number of benzene rings is 4. The summed E-state index contributed by atoms with van der Waals surface area (Å²) in [6.07, 6.45) is 14.0. The summed E-state index contributed by atoms with van der Waals surface area (Å²) >= 11 is 0. The topological polar surface area (TPSA) is 20.3 Å². The molecule has 0 aliphatic heterocycles. The van der Waals surface area contributed by atoms with E-state index in [4.69, 9.17) is 0 Å². The molecule has 4 aromatic carbocycles. The molecule has 44 heavy (non-hydrogen) atoms. The molecule has 0 radical (unpaired) electrons. The van der Waals surface area contributed by atoms with Crippen LogP contribution in [0.5, 0.6) is 0 Å².